The van der Waals surface area contributed by atoms with Crippen molar-refractivity contribution < 1.29 is 14.8 Å². The molecular weight excluding hydrogens is 321 g/mol. The molecule has 1 aromatic carbocycles. The van der Waals surface area contributed by atoms with Crippen LogP contribution in [0.25, 0.3) is 0 Å². The fraction of sp³-hybridized carbons (Fsp3) is 0. The first-order valence-electron chi connectivity index (χ1n) is 5.49. The van der Waals surface area contributed by atoms with Gasteiger partial charge in [-0.15, -0.1) is 0 Å². The highest BCUT2D eigenvalue weighted by atomic mass is 35.5. The average molecular weight is 328 g/mol. The van der Waals surface area contributed by atoms with Gasteiger partial charge in [0, 0.05) is 11.1 Å². The number of rotatable bonds is 3. The van der Waals surface area contributed by atoms with Gasteiger partial charge in [0.1, 0.15) is 10.9 Å². The first-order chi connectivity index (χ1) is 9.88. The second kappa shape index (κ2) is 5.94. The van der Waals surface area contributed by atoms with Crippen molar-refractivity contribution in [1.29, 1.82) is 0 Å². The first kappa shape index (κ1) is 15.0. The number of phenols is 1. The summed E-state index contributed by atoms with van der Waals surface area (Å²) in [5, 5.41) is 22.9. The highest BCUT2D eigenvalue weighted by Crippen LogP contribution is 2.26. The molecule has 2 rings (SSSR count). The van der Waals surface area contributed by atoms with Gasteiger partial charge in [-0.05, 0) is 24.3 Å². The fourth-order valence-electron chi connectivity index (χ4n) is 1.53. The van der Waals surface area contributed by atoms with Gasteiger partial charge in [-0.2, -0.15) is 0 Å². The molecule has 0 fully saturated rings. The van der Waals surface area contributed by atoms with Crippen LogP contribution in [-0.4, -0.2) is 20.9 Å². The molecule has 0 spiro atoms. The molecule has 0 aliphatic heterocycles. The van der Waals surface area contributed by atoms with E-state index in [4.69, 9.17) is 23.2 Å². The van der Waals surface area contributed by atoms with Crippen LogP contribution in [0.1, 0.15) is 10.4 Å². The predicted octanol–water partition coefficient (Wildman–Crippen LogP) is 3.25. The largest absolute Gasteiger partial charge is 0.507 e. The molecule has 0 aliphatic rings. The third kappa shape index (κ3) is 3.39. The minimum absolute atomic E-state index is 0.0220. The third-order valence-corrected chi connectivity index (χ3v) is 2.92. The summed E-state index contributed by atoms with van der Waals surface area (Å²) in [5.41, 5.74) is -0.562. The second-order valence-electron chi connectivity index (χ2n) is 3.87. The van der Waals surface area contributed by atoms with Crippen molar-refractivity contribution in [2.75, 3.05) is 5.32 Å². The number of pyridine rings is 1. The zero-order valence-corrected chi connectivity index (χ0v) is 11.7. The van der Waals surface area contributed by atoms with Crippen LogP contribution < -0.4 is 5.32 Å². The fourth-order valence-corrected chi connectivity index (χ4v) is 1.85. The summed E-state index contributed by atoms with van der Waals surface area (Å²) < 4.78 is 0. The Balaban J connectivity index is 2.38. The number of phenolic OH excluding ortho intramolecular Hbond substituents is 1. The van der Waals surface area contributed by atoms with Gasteiger partial charge in [0.2, 0.25) is 5.82 Å². The van der Waals surface area contributed by atoms with Gasteiger partial charge in [0.25, 0.3) is 5.91 Å². The van der Waals surface area contributed by atoms with E-state index in [2.05, 4.69) is 10.3 Å². The van der Waals surface area contributed by atoms with Crippen LogP contribution in [0.5, 0.6) is 5.75 Å². The van der Waals surface area contributed by atoms with E-state index >= 15 is 0 Å². The van der Waals surface area contributed by atoms with Crippen molar-refractivity contribution in [3.63, 3.8) is 0 Å². The maximum Gasteiger partial charge on any atom is 0.311 e. The molecule has 21 heavy (non-hydrogen) atoms. The molecule has 1 amide bonds. The Morgan fingerprint density at radius 1 is 1.29 bits per heavy atom. The van der Waals surface area contributed by atoms with Crippen molar-refractivity contribution in [2.24, 2.45) is 0 Å². The van der Waals surface area contributed by atoms with Crippen LogP contribution in [0, 0.1) is 10.1 Å². The molecule has 108 valence electrons. The molecule has 0 unspecified atom stereocenters. The highest BCUT2D eigenvalue weighted by molar-refractivity contribution is 6.31. The minimum Gasteiger partial charge on any atom is -0.507 e. The van der Waals surface area contributed by atoms with E-state index in [1.165, 1.54) is 24.3 Å². The Kier molecular flexibility index (Phi) is 4.25. The number of halogens is 2. The van der Waals surface area contributed by atoms with E-state index in [1.807, 2.05) is 0 Å². The van der Waals surface area contributed by atoms with E-state index in [1.54, 1.807) is 0 Å². The van der Waals surface area contributed by atoms with Crippen molar-refractivity contribution in [3.05, 3.63) is 56.2 Å². The number of aromatic hydroxyl groups is 1. The summed E-state index contributed by atoms with van der Waals surface area (Å²) in [6.45, 7) is 0. The lowest BCUT2D eigenvalue weighted by atomic mass is 10.2. The number of hydrogen-bond donors (Lipinski definition) is 2. The Morgan fingerprint density at radius 2 is 2.00 bits per heavy atom. The van der Waals surface area contributed by atoms with Crippen molar-refractivity contribution in [2.45, 2.75) is 0 Å². The Bertz CT molecular complexity index is 736. The normalized spacial score (nSPS) is 10.2. The highest BCUT2D eigenvalue weighted by Gasteiger charge is 2.20. The van der Waals surface area contributed by atoms with Gasteiger partial charge in [-0.25, -0.2) is 4.98 Å². The number of benzene rings is 1. The zero-order chi connectivity index (χ0) is 15.6. The van der Waals surface area contributed by atoms with Crippen LogP contribution in [0.2, 0.25) is 10.2 Å². The van der Waals surface area contributed by atoms with Gasteiger partial charge >= 0.3 is 5.69 Å². The molecule has 0 atom stereocenters. The van der Waals surface area contributed by atoms with Crippen LogP contribution >= 0.6 is 23.2 Å². The van der Waals surface area contributed by atoms with E-state index in [-0.39, 0.29) is 27.3 Å². The van der Waals surface area contributed by atoms with Gasteiger partial charge in [-0.3, -0.25) is 14.9 Å². The van der Waals surface area contributed by atoms with Crippen LogP contribution in [0.15, 0.2) is 30.3 Å². The van der Waals surface area contributed by atoms with Gasteiger partial charge in [-0.1, -0.05) is 23.2 Å². The van der Waals surface area contributed by atoms with E-state index in [9.17, 15) is 20.0 Å². The minimum atomic E-state index is -0.798. The maximum atomic E-state index is 12.0. The topological polar surface area (TPSA) is 105 Å². The number of aromatic nitrogens is 1. The molecule has 1 aromatic heterocycles. The lowest BCUT2D eigenvalue weighted by molar-refractivity contribution is -0.384. The molecule has 2 aromatic rings. The van der Waals surface area contributed by atoms with Crippen LogP contribution in [0.3, 0.4) is 0 Å². The summed E-state index contributed by atoms with van der Waals surface area (Å²) in [4.78, 5) is 25.9. The molecule has 0 radical (unpaired) electrons. The Hall–Kier alpha value is -2.38. The summed E-state index contributed by atoms with van der Waals surface area (Å²) in [7, 11) is 0. The molecule has 0 aliphatic carbocycles. The standard InChI is InChI=1S/C12H7Cl2N3O4/c13-6-1-3-9(18)7(5-6)12(19)16-11-8(17(20)21)2-4-10(14)15-11/h1-5,18H,(H,15,16,19). The molecule has 0 saturated carbocycles. The van der Waals surface area contributed by atoms with Gasteiger partial charge in [0.15, 0.2) is 0 Å². The molecule has 7 nitrogen and oxygen atoms in total. The van der Waals surface area contributed by atoms with Gasteiger partial charge < -0.3 is 10.4 Å². The Morgan fingerprint density at radius 3 is 2.67 bits per heavy atom. The smallest absolute Gasteiger partial charge is 0.311 e. The number of carbonyl (C=O) groups is 1. The number of nitro groups is 1. The maximum absolute atomic E-state index is 12.0. The molecule has 0 bridgehead atoms. The SMILES string of the molecule is O=C(Nc1nc(Cl)ccc1[N+](=O)[O-])c1cc(Cl)ccc1O. The van der Waals surface area contributed by atoms with Crippen molar-refractivity contribution >= 4 is 40.6 Å². The van der Waals surface area contributed by atoms with Crippen LogP contribution in [0.4, 0.5) is 11.5 Å². The number of hydrogen-bond acceptors (Lipinski definition) is 5. The predicted molar refractivity (Wildman–Crippen MR) is 77.0 cm³/mol. The summed E-state index contributed by atoms with van der Waals surface area (Å²) in [6, 6.07) is 6.20. The lowest BCUT2D eigenvalue weighted by Gasteiger charge is -2.07. The number of amides is 1. The molecule has 0 saturated heterocycles. The second-order valence-corrected chi connectivity index (χ2v) is 4.70. The van der Waals surface area contributed by atoms with E-state index in [0.717, 1.165) is 6.07 Å². The molecular formula is C12H7Cl2N3O4. The molecule has 1 heterocycles. The lowest BCUT2D eigenvalue weighted by Crippen LogP contribution is -2.14. The number of carbonyl (C=O) groups excluding carboxylic acids is 1. The van der Waals surface area contributed by atoms with Crippen LogP contribution in [-0.2, 0) is 0 Å². The number of anilines is 1. The first-order valence-corrected chi connectivity index (χ1v) is 6.25. The summed E-state index contributed by atoms with van der Waals surface area (Å²) in [6.07, 6.45) is 0. The number of nitrogens with one attached hydrogen (secondary N) is 1. The van der Waals surface area contributed by atoms with E-state index in [0.29, 0.717) is 0 Å². The quantitative estimate of drug-likeness (QED) is 0.511. The monoisotopic (exact) mass is 327 g/mol. The van der Waals surface area contributed by atoms with Crippen molar-refractivity contribution in [3.8, 4) is 5.75 Å². The Labute approximate surface area is 128 Å². The number of nitrogens with zero attached hydrogens (tertiary/aromatic N) is 2. The summed E-state index contributed by atoms with van der Waals surface area (Å²) >= 11 is 11.4. The average Bonchev–Trinajstić information content (AvgIpc) is 2.41. The van der Waals surface area contributed by atoms with Crippen molar-refractivity contribution in [1.82, 2.24) is 4.98 Å². The van der Waals surface area contributed by atoms with E-state index < -0.39 is 16.5 Å². The summed E-state index contributed by atoms with van der Waals surface area (Å²) in [5.74, 6) is -1.44. The molecule has 9 heteroatoms. The zero-order valence-electron chi connectivity index (χ0n) is 10.2. The third-order valence-electron chi connectivity index (χ3n) is 2.47. The van der Waals surface area contributed by atoms with Gasteiger partial charge in [0.05, 0.1) is 10.5 Å². The molecule has 2 N–H and O–H groups in total.